The fourth-order valence-electron chi connectivity index (χ4n) is 2.00. The summed E-state index contributed by atoms with van der Waals surface area (Å²) in [6.07, 6.45) is 3.59. The number of rotatable bonds is 4. The van der Waals surface area contributed by atoms with Gasteiger partial charge in [0.15, 0.2) is 0 Å². The number of unbranched alkanes of at least 4 members (excludes halogenated alkanes) is 1. The van der Waals surface area contributed by atoms with Crippen LogP contribution in [0.1, 0.15) is 18.4 Å². The topological polar surface area (TPSA) is 54.7 Å². The number of nitriles is 1. The summed E-state index contributed by atoms with van der Waals surface area (Å²) in [7, 11) is 0. The zero-order valence-corrected chi connectivity index (χ0v) is 9.19. The first kappa shape index (κ1) is 10.7. The lowest BCUT2D eigenvalue weighted by Crippen LogP contribution is -1.97. The minimum atomic E-state index is 0.561. The number of nitrogens with zero attached hydrogens (tertiary/aromatic N) is 2. The number of hydrogen-bond acceptors (Lipinski definition) is 2. The molecule has 0 aliphatic carbocycles. The summed E-state index contributed by atoms with van der Waals surface area (Å²) in [5.41, 5.74) is 8.10. The molecule has 1 aromatic carbocycles. The smallest absolute Gasteiger partial charge is 0.0622 e. The highest BCUT2D eigenvalue weighted by atomic mass is 15.0. The Morgan fingerprint density at radius 2 is 2.12 bits per heavy atom. The first-order chi connectivity index (χ1) is 7.86. The number of nitrogens with two attached hydrogens (primary N) is 1. The molecule has 0 aliphatic rings. The predicted octanol–water partition coefficient (Wildman–Crippen LogP) is 2.40. The molecule has 1 heterocycles. The maximum Gasteiger partial charge on any atom is 0.0622 e. The quantitative estimate of drug-likeness (QED) is 0.793. The molecule has 0 bridgehead atoms. The summed E-state index contributed by atoms with van der Waals surface area (Å²) in [5.74, 6) is 0. The van der Waals surface area contributed by atoms with E-state index in [0.717, 1.165) is 13.0 Å². The second-order valence-electron chi connectivity index (χ2n) is 3.83. The van der Waals surface area contributed by atoms with E-state index < -0.39 is 0 Å². The van der Waals surface area contributed by atoms with Crippen LogP contribution in [0, 0.1) is 11.3 Å². The number of para-hydroxylation sites is 1. The Morgan fingerprint density at radius 1 is 1.31 bits per heavy atom. The molecule has 0 unspecified atom stereocenters. The monoisotopic (exact) mass is 213 g/mol. The van der Waals surface area contributed by atoms with E-state index in [-0.39, 0.29) is 0 Å². The highest BCUT2D eigenvalue weighted by Gasteiger charge is 2.05. The van der Waals surface area contributed by atoms with Crippen molar-refractivity contribution in [3.63, 3.8) is 0 Å². The molecule has 1 aromatic heterocycles. The van der Waals surface area contributed by atoms with Crippen molar-refractivity contribution in [2.75, 3.05) is 0 Å². The molecule has 2 N–H and O–H groups in total. The van der Waals surface area contributed by atoms with E-state index in [1.54, 1.807) is 0 Å². The summed E-state index contributed by atoms with van der Waals surface area (Å²) < 4.78 is 2.19. The molecule has 0 amide bonds. The van der Waals surface area contributed by atoms with Gasteiger partial charge in [0.1, 0.15) is 0 Å². The molecule has 0 fully saturated rings. The van der Waals surface area contributed by atoms with Gasteiger partial charge in [-0.05, 0) is 18.1 Å². The number of hydrogen-bond donors (Lipinski definition) is 1. The average Bonchev–Trinajstić information content (AvgIpc) is 2.68. The van der Waals surface area contributed by atoms with E-state index in [1.807, 2.05) is 12.1 Å². The Hall–Kier alpha value is -1.79. The van der Waals surface area contributed by atoms with Crippen LogP contribution in [0.2, 0.25) is 0 Å². The lowest BCUT2D eigenvalue weighted by molar-refractivity contribution is 0.672. The van der Waals surface area contributed by atoms with Gasteiger partial charge < -0.3 is 10.3 Å². The standard InChI is InChI=1S/C13H15N3/c14-7-3-4-8-16-10-11(9-15)12-5-1-2-6-13(12)16/h1-2,5-6,10H,3-4,8-9,15H2. The van der Waals surface area contributed by atoms with Crippen molar-refractivity contribution in [3.8, 4) is 6.07 Å². The van der Waals surface area contributed by atoms with Crippen LogP contribution in [0.25, 0.3) is 10.9 Å². The molecule has 16 heavy (non-hydrogen) atoms. The summed E-state index contributed by atoms with van der Waals surface area (Å²) in [4.78, 5) is 0. The minimum absolute atomic E-state index is 0.561. The van der Waals surface area contributed by atoms with Crippen molar-refractivity contribution < 1.29 is 0 Å². The van der Waals surface area contributed by atoms with Crippen molar-refractivity contribution >= 4 is 10.9 Å². The number of aromatic nitrogens is 1. The van der Waals surface area contributed by atoms with Gasteiger partial charge in [0.25, 0.3) is 0 Å². The maximum absolute atomic E-state index is 8.53. The van der Waals surface area contributed by atoms with Gasteiger partial charge in [-0.1, -0.05) is 18.2 Å². The molecule has 0 saturated heterocycles. The third kappa shape index (κ3) is 1.93. The van der Waals surface area contributed by atoms with E-state index >= 15 is 0 Å². The van der Waals surface area contributed by atoms with Gasteiger partial charge in [-0.15, -0.1) is 0 Å². The number of fused-ring (bicyclic) bond motifs is 1. The lowest BCUT2D eigenvalue weighted by atomic mass is 10.2. The number of benzene rings is 1. The van der Waals surface area contributed by atoms with Crippen molar-refractivity contribution in [2.45, 2.75) is 25.9 Å². The van der Waals surface area contributed by atoms with Gasteiger partial charge >= 0.3 is 0 Å². The SMILES string of the molecule is N#CCCCn1cc(CN)c2ccccc21. The Balaban J connectivity index is 2.34. The van der Waals surface area contributed by atoms with Crippen LogP contribution in [0.3, 0.4) is 0 Å². The molecule has 2 rings (SSSR count). The fourth-order valence-corrected chi connectivity index (χ4v) is 2.00. The molecule has 0 spiro atoms. The summed E-state index contributed by atoms with van der Waals surface area (Å²) in [6.45, 7) is 1.44. The van der Waals surface area contributed by atoms with Crippen LogP contribution in [0.5, 0.6) is 0 Å². The van der Waals surface area contributed by atoms with Crippen LogP contribution < -0.4 is 5.73 Å². The molecule has 82 valence electrons. The molecule has 0 radical (unpaired) electrons. The predicted molar refractivity (Wildman–Crippen MR) is 64.7 cm³/mol. The van der Waals surface area contributed by atoms with Gasteiger partial charge in [-0.25, -0.2) is 0 Å². The maximum atomic E-state index is 8.53. The molecular formula is C13H15N3. The fraction of sp³-hybridized carbons (Fsp3) is 0.308. The van der Waals surface area contributed by atoms with Crippen LogP contribution in [0.15, 0.2) is 30.5 Å². The summed E-state index contributed by atoms with van der Waals surface area (Å²) >= 11 is 0. The molecule has 0 saturated carbocycles. The van der Waals surface area contributed by atoms with Crippen molar-refractivity contribution in [1.82, 2.24) is 4.57 Å². The molecule has 3 heteroatoms. The second-order valence-corrected chi connectivity index (χ2v) is 3.83. The third-order valence-electron chi connectivity index (χ3n) is 2.78. The Bertz CT molecular complexity index is 519. The molecule has 3 nitrogen and oxygen atoms in total. The molecular weight excluding hydrogens is 198 g/mol. The van der Waals surface area contributed by atoms with E-state index in [2.05, 4.69) is 29.0 Å². The van der Waals surface area contributed by atoms with E-state index in [4.69, 9.17) is 11.0 Å². The van der Waals surface area contributed by atoms with Gasteiger partial charge in [-0.3, -0.25) is 0 Å². The summed E-state index contributed by atoms with van der Waals surface area (Å²) in [5, 5.41) is 9.75. The van der Waals surface area contributed by atoms with Crippen LogP contribution in [-0.4, -0.2) is 4.57 Å². The van der Waals surface area contributed by atoms with Crippen molar-refractivity contribution in [1.29, 1.82) is 5.26 Å². The summed E-state index contributed by atoms with van der Waals surface area (Å²) in [6, 6.07) is 10.4. The Labute approximate surface area is 95.1 Å². The first-order valence-corrected chi connectivity index (χ1v) is 5.50. The van der Waals surface area contributed by atoms with Crippen LogP contribution >= 0.6 is 0 Å². The largest absolute Gasteiger partial charge is 0.347 e. The first-order valence-electron chi connectivity index (χ1n) is 5.50. The van der Waals surface area contributed by atoms with E-state index in [0.29, 0.717) is 13.0 Å². The zero-order valence-electron chi connectivity index (χ0n) is 9.19. The molecule has 2 aromatic rings. The Kier molecular flexibility index (Phi) is 3.23. The normalized spacial score (nSPS) is 10.5. The third-order valence-corrected chi connectivity index (χ3v) is 2.78. The van der Waals surface area contributed by atoms with Gasteiger partial charge in [0.2, 0.25) is 0 Å². The van der Waals surface area contributed by atoms with Crippen LogP contribution in [-0.2, 0) is 13.1 Å². The van der Waals surface area contributed by atoms with Gasteiger partial charge in [0, 0.05) is 36.6 Å². The van der Waals surface area contributed by atoms with Crippen molar-refractivity contribution in [2.24, 2.45) is 5.73 Å². The van der Waals surface area contributed by atoms with Crippen LogP contribution in [0.4, 0.5) is 0 Å². The molecule has 0 aliphatic heterocycles. The second kappa shape index (κ2) is 4.82. The highest BCUT2D eigenvalue weighted by Crippen LogP contribution is 2.21. The zero-order chi connectivity index (χ0) is 11.4. The highest BCUT2D eigenvalue weighted by molar-refractivity contribution is 5.83. The van der Waals surface area contributed by atoms with Crippen molar-refractivity contribution in [3.05, 3.63) is 36.0 Å². The van der Waals surface area contributed by atoms with Gasteiger partial charge in [0.05, 0.1) is 6.07 Å². The van der Waals surface area contributed by atoms with E-state index in [1.165, 1.54) is 16.5 Å². The lowest BCUT2D eigenvalue weighted by Gasteiger charge is -2.02. The van der Waals surface area contributed by atoms with Gasteiger partial charge in [-0.2, -0.15) is 5.26 Å². The van der Waals surface area contributed by atoms with E-state index in [9.17, 15) is 0 Å². The average molecular weight is 213 g/mol. The Morgan fingerprint density at radius 3 is 2.88 bits per heavy atom. The molecule has 0 atom stereocenters. The number of aryl methyl sites for hydroxylation is 1. The minimum Gasteiger partial charge on any atom is -0.347 e.